The Kier molecular flexibility index (Phi) is 4.85. The van der Waals surface area contributed by atoms with Gasteiger partial charge in [-0.05, 0) is 52.7 Å². The molecule has 0 radical (unpaired) electrons. The van der Waals surface area contributed by atoms with E-state index < -0.39 is 10.0 Å². The number of nitrogens with one attached hydrogen (secondary N) is 1. The minimum atomic E-state index is -3.54. The third-order valence-corrected chi connectivity index (χ3v) is 6.13. The maximum absolute atomic E-state index is 12.2. The average molecular weight is 375 g/mol. The Labute approximate surface area is 131 Å². The molecule has 0 bridgehead atoms. The zero-order valence-electron chi connectivity index (χ0n) is 10.9. The smallest absolute Gasteiger partial charge is 0.240 e. The van der Waals surface area contributed by atoms with Crippen LogP contribution in [0.1, 0.15) is 16.7 Å². The Morgan fingerprint density at radius 3 is 2.55 bits per heavy atom. The molecule has 3 N–H and O–H groups in total. The van der Waals surface area contributed by atoms with Crippen molar-refractivity contribution in [3.05, 3.63) is 44.6 Å². The average Bonchev–Trinajstić information content (AvgIpc) is 2.87. The molecule has 2 aromatic rings. The molecule has 0 atom stereocenters. The van der Waals surface area contributed by atoms with Crippen LogP contribution < -0.4 is 10.5 Å². The molecule has 0 unspecified atom stereocenters. The number of sulfonamides is 1. The molecule has 108 valence electrons. The summed E-state index contributed by atoms with van der Waals surface area (Å²) < 4.78 is 27.6. The van der Waals surface area contributed by atoms with E-state index >= 15 is 0 Å². The molecule has 0 saturated carbocycles. The number of thiophene rings is 1. The molecule has 20 heavy (non-hydrogen) atoms. The van der Waals surface area contributed by atoms with E-state index in [0.29, 0.717) is 16.7 Å². The number of hydrogen-bond acceptors (Lipinski definition) is 4. The molecule has 1 aromatic heterocycles. The molecule has 2 rings (SSSR count). The lowest BCUT2D eigenvalue weighted by Crippen LogP contribution is -2.22. The molecule has 0 saturated heterocycles. The van der Waals surface area contributed by atoms with Crippen LogP contribution in [0.4, 0.5) is 5.69 Å². The fourth-order valence-electron chi connectivity index (χ4n) is 1.65. The third-order valence-electron chi connectivity index (χ3n) is 2.78. The van der Waals surface area contributed by atoms with Gasteiger partial charge in [-0.15, -0.1) is 11.3 Å². The highest BCUT2D eigenvalue weighted by atomic mass is 79.9. The van der Waals surface area contributed by atoms with Crippen LogP contribution in [-0.4, -0.2) is 8.42 Å². The molecular formula is C13H15BrN2O2S2. The van der Waals surface area contributed by atoms with E-state index in [-0.39, 0.29) is 4.90 Å². The quantitative estimate of drug-likeness (QED) is 0.789. The summed E-state index contributed by atoms with van der Waals surface area (Å²) in [5.41, 5.74) is 6.11. The van der Waals surface area contributed by atoms with E-state index in [1.165, 1.54) is 17.0 Å². The molecule has 4 nitrogen and oxygen atoms in total. The van der Waals surface area contributed by atoms with Crippen molar-refractivity contribution in [3.63, 3.8) is 0 Å². The van der Waals surface area contributed by atoms with Crippen LogP contribution >= 0.6 is 27.3 Å². The van der Waals surface area contributed by atoms with Gasteiger partial charge in [0.05, 0.1) is 4.90 Å². The van der Waals surface area contributed by atoms with Gasteiger partial charge in [-0.25, -0.2) is 13.1 Å². The monoisotopic (exact) mass is 374 g/mol. The summed E-state index contributed by atoms with van der Waals surface area (Å²) in [5.74, 6) is 0. The Morgan fingerprint density at radius 2 is 1.95 bits per heavy atom. The normalized spacial score (nSPS) is 11.7. The second kappa shape index (κ2) is 6.26. The second-order valence-corrected chi connectivity index (χ2v) is 8.10. The van der Waals surface area contributed by atoms with Crippen LogP contribution in [0.25, 0.3) is 0 Å². The van der Waals surface area contributed by atoms with Crippen molar-refractivity contribution in [2.45, 2.75) is 24.8 Å². The van der Waals surface area contributed by atoms with Crippen LogP contribution in [0, 0.1) is 0 Å². The van der Waals surface area contributed by atoms with Crippen molar-refractivity contribution < 1.29 is 8.42 Å². The van der Waals surface area contributed by atoms with E-state index in [1.54, 1.807) is 17.4 Å². The first kappa shape index (κ1) is 15.5. The first-order valence-corrected chi connectivity index (χ1v) is 9.14. The van der Waals surface area contributed by atoms with Crippen LogP contribution in [0.15, 0.2) is 39.7 Å². The molecule has 7 heteroatoms. The van der Waals surface area contributed by atoms with E-state index in [0.717, 1.165) is 11.3 Å². The molecule has 0 aliphatic heterocycles. The van der Waals surface area contributed by atoms with Crippen molar-refractivity contribution in [1.29, 1.82) is 0 Å². The van der Waals surface area contributed by atoms with Gasteiger partial charge < -0.3 is 5.73 Å². The predicted octanol–water partition coefficient (Wildman–Crippen LogP) is 3.13. The van der Waals surface area contributed by atoms with Crippen LogP contribution in [0.2, 0.25) is 0 Å². The van der Waals surface area contributed by atoms with Gasteiger partial charge >= 0.3 is 0 Å². The largest absolute Gasteiger partial charge is 0.398 e. The number of anilines is 1. The minimum absolute atomic E-state index is 0.172. The number of nitrogen functional groups attached to an aromatic ring is 1. The van der Waals surface area contributed by atoms with Gasteiger partial charge in [0.25, 0.3) is 0 Å². The highest BCUT2D eigenvalue weighted by molar-refractivity contribution is 9.10. The zero-order valence-corrected chi connectivity index (χ0v) is 14.1. The zero-order chi connectivity index (χ0) is 14.8. The van der Waals surface area contributed by atoms with Gasteiger partial charge in [0.1, 0.15) is 0 Å². The number of aryl methyl sites for hydroxylation is 1. The molecule has 0 aliphatic carbocycles. The van der Waals surface area contributed by atoms with Crippen LogP contribution in [0.3, 0.4) is 0 Å². The van der Waals surface area contributed by atoms with Gasteiger partial charge in [-0.3, -0.25) is 0 Å². The maximum Gasteiger partial charge on any atom is 0.240 e. The number of nitrogens with two attached hydrogens (primary N) is 1. The molecule has 0 spiro atoms. The van der Waals surface area contributed by atoms with E-state index in [4.69, 9.17) is 5.73 Å². The summed E-state index contributed by atoms with van der Waals surface area (Å²) in [6.45, 7) is 2.37. The molecule has 0 aliphatic rings. The van der Waals surface area contributed by atoms with Crippen molar-refractivity contribution in [1.82, 2.24) is 4.72 Å². The van der Waals surface area contributed by atoms with Crippen LogP contribution in [-0.2, 0) is 23.0 Å². The molecule has 1 aromatic carbocycles. The van der Waals surface area contributed by atoms with Gasteiger partial charge in [-0.2, -0.15) is 0 Å². The van der Waals surface area contributed by atoms with E-state index in [2.05, 4.69) is 27.6 Å². The van der Waals surface area contributed by atoms with Crippen molar-refractivity contribution in [2.75, 3.05) is 5.73 Å². The summed E-state index contributed by atoms with van der Waals surface area (Å²) in [5, 5.41) is 0. The number of benzene rings is 1. The maximum atomic E-state index is 12.2. The van der Waals surface area contributed by atoms with Crippen LogP contribution in [0.5, 0.6) is 0 Å². The molecule has 0 amide bonds. The molecule has 0 fully saturated rings. The van der Waals surface area contributed by atoms with Gasteiger partial charge in [-0.1, -0.05) is 6.92 Å². The summed E-state index contributed by atoms with van der Waals surface area (Å²) >= 11 is 4.86. The minimum Gasteiger partial charge on any atom is -0.398 e. The second-order valence-electron chi connectivity index (χ2n) is 4.23. The highest BCUT2D eigenvalue weighted by Gasteiger charge is 2.15. The molecule has 1 heterocycles. The summed E-state index contributed by atoms with van der Waals surface area (Å²) in [4.78, 5) is 2.41. The first-order chi connectivity index (χ1) is 9.42. The lowest BCUT2D eigenvalue weighted by molar-refractivity contribution is 0.582. The Morgan fingerprint density at radius 1 is 1.25 bits per heavy atom. The standard InChI is InChI=1S/C13H15BrN2O2S2/c1-2-9-3-4-10(19-9)8-16-20(17,18)11-5-6-12(14)13(15)7-11/h3-7,16H,2,8,15H2,1H3. The fourth-order valence-corrected chi connectivity index (χ4v) is 3.92. The molecular weight excluding hydrogens is 360 g/mol. The Bertz CT molecular complexity index is 711. The Balaban J connectivity index is 2.12. The SMILES string of the molecule is CCc1ccc(CNS(=O)(=O)c2ccc(Br)c(N)c2)s1. The van der Waals surface area contributed by atoms with Crippen molar-refractivity contribution in [3.8, 4) is 0 Å². The van der Waals surface area contributed by atoms with E-state index in [1.807, 2.05) is 12.1 Å². The fraction of sp³-hybridized carbons (Fsp3) is 0.231. The third kappa shape index (κ3) is 3.60. The van der Waals surface area contributed by atoms with E-state index in [9.17, 15) is 8.42 Å². The Hall–Kier alpha value is -0.890. The van der Waals surface area contributed by atoms with Gasteiger partial charge in [0.2, 0.25) is 10.0 Å². The highest BCUT2D eigenvalue weighted by Crippen LogP contribution is 2.23. The summed E-state index contributed by atoms with van der Waals surface area (Å²) in [7, 11) is -3.54. The summed E-state index contributed by atoms with van der Waals surface area (Å²) in [6.07, 6.45) is 0.959. The van der Waals surface area contributed by atoms with Gasteiger partial charge in [0.15, 0.2) is 0 Å². The topological polar surface area (TPSA) is 72.2 Å². The predicted molar refractivity (Wildman–Crippen MR) is 86.3 cm³/mol. The summed E-state index contributed by atoms with van der Waals surface area (Å²) in [6, 6.07) is 8.56. The lowest BCUT2D eigenvalue weighted by atomic mass is 10.3. The lowest BCUT2D eigenvalue weighted by Gasteiger charge is -2.07. The number of rotatable bonds is 5. The number of hydrogen-bond donors (Lipinski definition) is 2. The van der Waals surface area contributed by atoms with Gasteiger partial charge in [0, 0.05) is 26.5 Å². The number of halogens is 1. The van der Waals surface area contributed by atoms with Crippen molar-refractivity contribution in [2.24, 2.45) is 0 Å². The first-order valence-electron chi connectivity index (χ1n) is 6.04. The van der Waals surface area contributed by atoms with Crippen molar-refractivity contribution >= 4 is 43.0 Å².